The van der Waals surface area contributed by atoms with E-state index in [4.69, 9.17) is 4.74 Å². The number of nitrogens with zero attached hydrogens (tertiary/aromatic N) is 2. The van der Waals surface area contributed by atoms with Gasteiger partial charge in [-0.1, -0.05) is 0 Å². The predicted octanol–water partition coefficient (Wildman–Crippen LogP) is 3.40. The van der Waals surface area contributed by atoms with Crippen LogP contribution >= 0.6 is 0 Å². The number of hydrogen-bond acceptors (Lipinski definition) is 4. The number of nitro benzene ring substituents is 1. The molecular weight excluding hydrogens is 232 g/mol. The van der Waals surface area contributed by atoms with Gasteiger partial charge < -0.3 is 4.74 Å². The topological polar surface area (TPSA) is 65.3 Å². The first-order valence-corrected chi connectivity index (χ1v) is 5.42. The van der Waals surface area contributed by atoms with Gasteiger partial charge in [0.25, 0.3) is 5.69 Å². The van der Waals surface area contributed by atoms with Gasteiger partial charge in [-0.15, -0.1) is 0 Å². The number of aryl methyl sites for hydroxylation is 2. The Hall–Kier alpha value is -2.43. The fourth-order valence-electron chi connectivity index (χ4n) is 1.60. The van der Waals surface area contributed by atoms with Crippen molar-refractivity contribution in [1.29, 1.82) is 0 Å². The number of aromatic nitrogens is 1. The van der Waals surface area contributed by atoms with Gasteiger partial charge in [-0.25, -0.2) is 0 Å². The smallest absolute Gasteiger partial charge is 0.272 e. The second kappa shape index (κ2) is 4.83. The Morgan fingerprint density at radius 2 is 2.06 bits per heavy atom. The van der Waals surface area contributed by atoms with Crippen LogP contribution in [0.2, 0.25) is 0 Å². The minimum Gasteiger partial charge on any atom is -0.455 e. The summed E-state index contributed by atoms with van der Waals surface area (Å²) in [4.78, 5) is 14.4. The van der Waals surface area contributed by atoms with Crippen molar-refractivity contribution in [2.45, 2.75) is 13.8 Å². The molecule has 0 unspecified atom stereocenters. The molecule has 2 aromatic rings. The van der Waals surface area contributed by atoms with Gasteiger partial charge in [0.15, 0.2) is 0 Å². The molecule has 1 aromatic heterocycles. The van der Waals surface area contributed by atoms with Gasteiger partial charge in [0.2, 0.25) is 0 Å². The molecule has 0 bridgehead atoms. The molecule has 0 N–H and O–H groups in total. The number of ether oxygens (including phenoxy) is 1. The summed E-state index contributed by atoms with van der Waals surface area (Å²) in [5.41, 5.74) is 1.43. The Labute approximate surface area is 104 Å². The molecule has 0 aliphatic heterocycles. The van der Waals surface area contributed by atoms with Crippen molar-refractivity contribution in [1.82, 2.24) is 4.98 Å². The van der Waals surface area contributed by atoms with Crippen LogP contribution in [0.1, 0.15) is 11.3 Å². The SMILES string of the molecule is Cc1cc(Oc2cccnc2C)ccc1[N+](=O)[O-]. The Kier molecular flexibility index (Phi) is 3.23. The van der Waals surface area contributed by atoms with Crippen molar-refractivity contribution in [3.63, 3.8) is 0 Å². The quantitative estimate of drug-likeness (QED) is 0.613. The average Bonchev–Trinajstić information content (AvgIpc) is 2.32. The van der Waals surface area contributed by atoms with E-state index in [1.165, 1.54) is 6.07 Å². The zero-order chi connectivity index (χ0) is 13.1. The summed E-state index contributed by atoms with van der Waals surface area (Å²) in [6.07, 6.45) is 1.68. The lowest BCUT2D eigenvalue weighted by atomic mass is 10.2. The van der Waals surface area contributed by atoms with Gasteiger partial charge in [0, 0.05) is 17.8 Å². The summed E-state index contributed by atoms with van der Waals surface area (Å²) in [5.74, 6) is 1.21. The molecule has 5 nitrogen and oxygen atoms in total. The molecule has 92 valence electrons. The molecule has 0 radical (unpaired) electrons. The maximum atomic E-state index is 10.7. The van der Waals surface area contributed by atoms with Crippen molar-refractivity contribution in [3.05, 3.63) is 57.9 Å². The highest BCUT2D eigenvalue weighted by Gasteiger charge is 2.11. The van der Waals surface area contributed by atoms with E-state index in [0.29, 0.717) is 17.1 Å². The van der Waals surface area contributed by atoms with Crippen molar-refractivity contribution >= 4 is 5.69 Å². The van der Waals surface area contributed by atoms with Crippen LogP contribution in [0.5, 0.6) is 11.5 Å². The van der Waals surface area contributed by atoms with Crippen LogP contribution in [0.25, 0.3) is 0 Å². The van der Waals surface area contributed by atoms with Crippen molar-refractivity contribution in [3.8, 4) is 11.5 Å². The number of hydrogen-bond donors (Lipinski definition) is 0. The van der Waals surface area contributed by atoms with E-state index in [-0.39, 0.29) is 5.69 Å². The molecular formula is C13H12N2O3. The van der Waals surface area contributed by atoms with E-state index in [1.54, 1.807) is 37.4 Å². The van der Waals surface area contributed by atoms with Gasteiger partial charge in [-0.05, 0) is 38.1 Å². The molecule has 18 heavy (non-hydrogen) atoms. The third kappa shape index (κ3) is 2.45. The van der Waals surface area contributed by atoms with E-state index >= 15 is 0 Å². The summed E-state index contributed by atoms with van der Waals surface area (Å²) >= 11 is 0. The zero-order valence-electron chi connectivity index (χ0n) is 10.1. The molecule has 0 amide bonds. The molecule has 5 heteroatoms. The van der Waals surface area contributed by atoms with E-state index in [9.17, 15) is 10.1 Å². The second-order valence-electron chi connectivity index (χ2n) is 3.89. The summed E-state index contributed by atoms with van der Waals surface area (Å²) in [6.45, 7) is 3.52. The fraction of sp³-hybridized carbons (Fsp3) is 0.154. The van der Waals surface area contributed by atoms with Crippen LogP contribution in [0.4, 0.5) is 5.69 Å². The third-order valence-corrected chi connectivity index (χ3v) is 2.55. The van der Waals surface area contributed by atoms with Crippen LogP contribution in [-0.4, -0.2) is 9.91 Å². The van der Waals surface area contributed by atoms with Gasteiger partial charge in [0.1, 0.15) is 11.5 Å². The Morgan fingerprint density at radius 1 is 1.28 bits per heavy atom. The number of rotatable bonds is 3. The summed E-state index contributed by atoms with van der Waals surface area (Å²) in [6, 6.07) is 8.25. The van der Waals surface area contributed by atoms with Crippen molar-refractivity contribution in [2.75, 3.05) is 0 Å². The number of benzene rings is 1. The third-order valence-electron chi connectivity index (χ3n) is 2.55. The van der Waals surface area contributed by atoms with E-state index in [2.05, 4.69) is 4.98 Å². The van der Waals surface area contributed by atoms with Gasteiger partial charge in [-0.2, -0.15) is 0 Å². The molecule has 0 saturated heterocycles. The molecule has 0 atom stereocenters. The first-order chi connectivity index (χ1) is 8.58. The lowest BCUT2D eigenvalue weighted by Gasteiger charge is -2.08. The highest BCUT2D eigenvalue weighted by Crippen LogP contribution is 2.27. The number of pyridine rings is 1. The molecule has 0 aliphatic carbocycles. The summed E-state index contributed by atoms with van der Waals surface area (Å²) in [5, 5.41) is 10.7. The van der Waals surface area contributed by atoms with Crippen LogP contribution in [0.15, 0.2) is 36.5 Å². The molecule has 0 aliphatic rings. The predicted molar refractivity (Wildman–Crippen MR) is 66.9 cm³/mol. The van der Waals surface area contributed by atoms with Crippen LogP contribution in [0.3, 0.4) is 0 Å². The maximum Gasteiger partial charge on any atom is 0.272 e. The van der Waals surface area contributed by atoms with Crippen molar-refractivity contribution in [2.24, 2.45) is 0 Å². The van der Waals surface area contributed by atoms with E-state index in [1.807, 2.05) is 6.92 Å². The Bertz CT molecular complexity index is 597. The van der Waals surface area contributed by atoms with Crippen LogP contribution in [-0.2, 0) is 0 Å². The maximum absolute atomic E-state index is 10.7. The highest BCUT2D eigenvalue weighted by atomic mass is 16.6. The molecule has 2 rings (SSSR count). The Morgan fingerprint density at radius 3 is 2.67 bits per heavy atom. The number of nitro groups is 1. The normalized spacial score (nSPS) is 10.1. The molecule has 0 fully saturated rings. The molecule has 0 spiro atoms. The lowest BCUT2D eigenvalue weighted by molar-refractivity contribution is -0.385. The summed E-state index contributed by atoms with van der Waals surface area (Å²) in [7, 11) is 0. The fourth-order valence-corrected chi connectivity index (χ4v) is 1.60. The van der Waals surface area contributed by atoms with Crippen LogP contribution < -0.4 is 4.74 Å². The minimum atomic E-state index is -0.408. The van der Waals surface area contributed by atoms with Gasteiger partial charge >= 0.3 is 0 Å². The molecule has 0 saturated carbocycles. The first kappa shape index (κ1) is 12.0. The summed E-state index contributed by atoms with van der Waals surface area (Å²) < 4.78 is 5.64. The molecule has 1 heterocycles. The largest absolute Gasteiger partial charge is 0.455 e. The van der Waals surface area contributed by atoms with Crippen LogP contribution in [0, 0.1) is 24.0 Å². The van der Waals surface area contributed by atoms with Gasteiger partial charge in [0.05, 0.1) is 10.6 Å². The zero-order valence-corrected chi connectivity index (χ0v) is 10.1. The minimum absolute atomic E-state index is 0.0882. The lowest BCUT2D eigenvalue weighted by Crippen LogP contribution is -1.93. The van der Waals surface area contributed by atoms with Crippen molar-refractivity contribution < 1.29 is 9.66 Å². The highest BCUT2D eigenvalue weighted by molar-refractivity contribution is 5.45. The first-order valence-electron chi connectivity index (χ1n) is 5.42. The average molecular weight is 244 g/mol. The standard InChI is InChI=1S/C13H12N2O3/c1-9-8-11(5-6-12(9)15(16)17)18-13-4-3-7-14-10(13)2/h3-8H,1-2H3. The monoisotopic (exact) mass is 244 g/mol. The Balaban J connectivity index is 2.29. The molecule has 1 aromatic carbocycles. The second-order valence-corrected chi connectivity index (χ2v) is 3.89. The van der Waals surface area contributed by atoms with E-state index in [0.717, 1.165) is 5.69 Å². The van der Waals surface area contributed by atoms with E-state index < -0.39 is 4.92 Å². The van der Waals surface area contributed by atoms with Gasteiger partial charge in [-0.3, -0.25) is 15.1 Å².